The molecule has 1 saturated heterocycles. The first-order valence-corrected chi connectivity index (χ1v) is 14.8. The summed E-state index contributed by atoms with van der Waals surface area (Å²) in [6, 6.07) is 8.97. The smallest absolute Gasteiger partial charge is 0.480 e. The number of nitrogens with zero attached hydrogens (tertiary/aromatic N) is 2. The number of benzene rings is 3. The van der Waals surface area contributed by atoms with Gasteiger partial charge in [0.1, 0.15) is 29.3 Å². The van der Waals surface area contributed by atoms with E-state index in [4.69, 9.17) is 4.74 Å². The summed E-state index contributed by atoms with van der Waals surface area (Å²) >= 11 is 0. The topological polar surface area (TPSA) is 99.2 Å². The number of carboxylic acid groups (broad SMARTS) is 1. The monoisotopic (exact) mass is 733 g/mol. The maximum absolute atomic E-state index is 15.1. The molecule has 0 unspecified atom stereocenters. The fourth-order valence-electron chi connectivity index (χ4n) is 5.40. The van der Waals surface area contributed by atoms with Gasteiger partial charge in [-0.25, -0.2) is 13.6 Å². The molecule has 8 nitrogen and oxygen atoms in total. The number of aliphatic carboxylic acids is 1. The molecule has 17 heteroatoms. The first-order chi connectivity index (χ1) is 23.4. The molecule has 276 valence electrons. The van der Waals surface area contributed by atoms with E-state index in [0.29, 0.717) is 22.7 Å². The van der Waals surface area contributed by atoms with E-state index >= 15 is 8.78 Å². The van der Waals surface area contributed by atoms with Crippen molar-refractivity contribution >= 4 is 35.1 Å². The molecule has 3 aromatic rings. The Balaban J connectivity index is 0.00000468. The zero-order chi connectivity index (χ0) is 37.0. The van der Waals surface area contributed by atoms with Gasteiger partial charge < -0.3 is 37.2 Å². The van der Waals surface area contributed by atoms with Crippen LogP contribution < -0.4 is 34.0 Å². The van der Waals surface area contributed by atoms with E-state index in [1.807, 2.05) is 5.32 Å². The van der Waals surface area contributed by atoms with Gasteiger partial charge >= 0.3 is 37.2 Å². The van der Waals surface area contributed by atoms with Crippen molar-refractivity contribution in [1.82, 2.24) is 5.32 Å². The number of carbonyl (C=O) groups excluding carboxylic acids is 2. The van der Waals surface area contributed by atoms with E-state index in [-0.39, 0.29) is 50.6 Å². The number of alkyl halides is 6. The van der Waals surface area contributed by atoms with Crippen LogP contribution in [-0.4, -0.2) is 81.6 Å². The second-order valence-corrected chi connectivity index (χ2v) is 11.5. The maximum atomic E-state index is 15.1. The Morgan fingerprint density at radius 3 is 2.25 bits per heavy atom. The van der Waals surface area contributed by atoms with Gasteiger partial charge in [0, 0.05) is 32.7 Å². The predicted molar refractivity (Wildman–Crippen MR) is 172 cm³/mol. The fourth-order valence-corrected chi connectivity index (χ4v) is 5.40. The number of anilines is 2. The van der Waals surface area contributed by atoms with Crippen LogP contribution in [0.1, 0.15) is 27.0 Å². The number of amides is 1. The van der Waals surface area contributed by atoms with Crippen LogP contribution >= 0.6 is 0 Å². The standard InChI is InChI=1S/C34H29F8N3O5.CH3.Li/c1-44(2)23-8-4-7-21(14-23)30(34(40,41)42)22(17-46)12-19-5-3-6-20(11-19)13-27(32(48)49)43-31(47)29-25(35)15-24(16-26(29)36)45-9-10-50-18-28(45)33(37,38)39;;/h3-6,8,11,14-16,27-28H,9-10,12-13,18H2,1-2H3,(H,43,47)(H,48,49);1H3;/q-2;-1;+1/b30-22+;;/t27-,28+;;/m0../s1. The number of hydrogen-bond donors (Lipinski definition) is 2. The molecule has 0 aromatic heterocycles. The minimum atomic E-state index is -4.98. The van der Waals surface area contributed by atoms with E-state index < -0.39 is 95.4 Å². The van der Waals surface area contributed by atoms with Crippen LogP contribution in [0.25, 0.3) is 5.57 Å². The number of morpholine rings is 1. The predicted octanol–water partition coefficient (Wildman–Crippen LogP) is 3.15. The third kappa shape index (κ3) is 10.6. The van der Waals surface area contributed by atoms with Gasteiger partial charge in [-0.15, -0.1) is 18.2 Å². The minimum Gasteiger partial charge on any atom is -0.480 e. The van der Waals surface area contributed by atoms with E-state index in [2.05, 4.69) is 6.07 Å². The average Bonchev–Trinajstić information content (AvgIpc) is 3.03. The summed E-state index contributed by atoms with van der Waals surface area (Å²) in [5.41, 5.74) is -3.44. The molecule has 4 rings (SSSR count). The molecule has 1 aliphatic rings. The first-order valence-electron chi connectivity index (χ1n) is 14.8. The minimum absolute atomic E-state index is 0. The summed E-state index contributed by atoms with van der Waals surface area (Å²) in [5, 5.41) is 11.8. The van der Waals surface area contributed by atoms with Crippen LogP contribution in [0.3, 0.4) is 0 Å². The van der Waals surface area contributed by atoms with Gasteiger partial charge in [-0.2, -0.15) is 43.5 Å². The maximum Gasteiger partial charge on any atom is 1.00 e. The Morgan fingerprint density at radius 2 is 1.69 bits per heavy atom. The van der Waals surface area contributed by atoms with Crippen molar-refractivity contribution in [2.24, 2.45) is 0 Å². The third-order valence-electron chi connectivity index (χ3n) is 7.79. The number of hydrogen-bond acceptors (Lipinski definition) is 6. The molecule has 0 radical (unpaired) electrons. The number of carboxylic acids is 1. The summed E-state index contributed by atoms with van der Waals surface area (Å²) in [6.45, 7) is -1.29. The number of halogens is 8. The van der Waals surface area contributed by atoms with Crippen LogP contribution in [-0.2, 0) is 27.2 Å². The van der Waals surface area contributed by atoms with Crippen LogP contribution in [0.2, 0.25) is 0 Å². The van der Waals surface area contributed by atoms with Crippen molar-refractivity contribution in [2.45, 2.75) is 37.3 Å². The largest absolute Gasteiger partial charge is 1.00 e. The molecule has 52 heavy (non-hydrogen) atoms. The first kappa shape index (κ1) is 43.8. The van der Waals surface area contributed by atoms with Gasteiger partial charge in [0.2, 0.25) is 0 Å². The molecule has 1 amide bonds. The second kappa shape index (κ2) is 17.9. The molecule has 1 heterocycles. The van der Waals surface area contributed by atoms with Crippen molar-refractivity contribution in [2.75, 3.05) is 43.7 Å². The van der Waals surface area contributed by atoms with Gasteiger partial charge in [0.25, 0.3) is 5.91 Å². The van der Waals surface area contributed by atoms with Crippen LogP contribution in [0, 0.1) is 25.1 Å². The van der Waals surface area contributed by atoms with Crippen molar-refractivity contribution in [3.8, 4) is 0 Å². The zero-order valence-corrected chi connectivity index (χ0v) is 28.4. The molecule has 0 aliphatic carbocycles. The molecular weight excluding hydrogens is 701 g/mol. The summed E-state index contributed by atoms with van der Waals surface area (Å²) in [4.78, 5) is 39.1. The Kier molecular flexibility index (Phi) is 15.1. The Hall–Kier alpha value is -4.39. The number of allylic oxidation sites excluding steroid dienone is 2. The Morgan fingerprint density at radius 1 is 1.06 bits per heavy atom. The molecule has 0 bridgehead atoms. The van der Waals surface area contributed by atoms with Gasteiger partial charge in [0.05, 0.1) is 13.2 Å². The van der Waals surface area contributed by atoms with E-state index in [9.17, 15) is 45.8 Å². The van der Waals surface area contributed by atoms with E-state index in [0.717, 1.165) is 0 Å². The van der Waals surface area contributed by atoms with Crippen LogP contribution in [0.5, 0.6) is 0 Å². The summed E-state index contributed by atoms with van der Waals surface area (Å²) in [5.74, 6) is -6.25. The summed E-state index contributed by atoms with van der Waals surface area (Å²) < 4.78 is 118. The number of rotatable bonds is 11. The number of ether oxygens (including phenoxy) is 1. The average molecular weight is 734 g/mol. The Bertz CT molecular complexity index is 1760. The molecule has 3 aromatic carbocycles. The number of carbonyl (C=O) groups is 2. The normalized spacial score (nSPS) is 15.7. The zero-order valence-electron chi connectivity index (χ0n) is 28.4. The van der Waals surface area contributed by atoms with Crippen LogP contribution in [0.15, 0.2) is 60.2 Å². The van der Waals surface area contributed by atoms with Crippen LogP contribution in [0.4, 0.5) is 46.5 Å². The SMILES string of the molecule is CN(C)c1cc[c-]c(/C(=C(\[C-]=O)Cc2cccc(C[C@H](NC(=O)c3c(F)cc(N4CCOC[C@@H]4C(F)(F)F)cc3F)C(=O)O)c2)C(F)(F)F)c1.[CH3-].[Li+]. The molecule has 1 fully saturated rings. The van der Waals surface area contributed by atoms with Crippen molar-refractivity contribution in [3.63, 3.8) is 0 Å². The third-order valence-corrected chi connectivity index (χ3v) is 7.79. The Labute approximate surface area is 306 Å². The van der Waals surface area contributed by atoms with Crippen molar-refractivity contribution in [1.29, 1.82) is 0 Å². The van der Waals surface area contributed by atoms with E-state index in [1.165, 1.54) is 48.8 Å². The molecule has 0 saturated carbocycles. The number of nitrogens with one attached hydrogen (secondary N) is 1. The molecule has 2 N–H and O–H groups in total. The molecular formula is C35H32F8LiN3O5-2. The molecule has 1 aliphatic heterocycles. The summed E-state index contributed by atoms with van der Waals surface area (Å²) in [7, 11) is 3.23. The van der Waals surface area contributed by atoms with Crippen molar-refractivity contribution in [3.05, 3.63) is 108 Å². The fraction of sp³-hybridized carbons (Fsp3) is 0.314. The quantitative estimate of drug-likeness (QED) is 0.135. The summed E-state index contributed by atoms with van der Waals surface area (Å²) in [6.07, 6.45) is -9.49. The second-order valence-electron chi connectivity index (χ2n) is 11.5. The van der Waals surface area contributed by atoms with Gasteiger partial charge in [0.15, 0.2) is 0 Å². The van der Waals surface area contributed by atoms with Gasteiger partial charge in [-0.3, -0.25) is 4.79 Å². The molecule has 2 atom stereocenters. The van der Waals surface area contributed by atoms with Gasteiger partial charge in [-0.05, 0) is 41.7 Å². The molecule has 0 spiro atoms. The van der Waals surface area contributed by atoms with Gasteiger partial charge in [-0.1, -0.05) is 29.8 Å². The van der Waals surface area contributed by atoms with E-state index in [1.54, 1.807) is 19.0 Å². The van der Waals surface area contributed by atoms with Crippen molar-refractivity contribution < 1.29 is 78.2 Å².